The Morgan fingerprint density at radius 1 is 1.17 bits per heavy atom. The number of aliphatic carboxylic acids is 1. The molecule has 23 heavy (non-hydrogen) atoms. The van der Waals surface area contributed by atoms with Crippen LogP contribution in [0.5, 0.6) is 5.75 Å². The van der Waals surface area contributed by atoms with Crippen LogP contribution in [0.1, 0.15) is 24.0 Å². The van der Waals surface area contributed by atoms with Crippen molar-refractivity contribution in [1.82, 2.24) is 0 Å². The highest BCUT2D eigenvalue weighted by Gasteiger charge is 2.53. The molecule has 0 saturated heterocycles. The lowest BCUT2D eigenvalue weighted by atomic mass is 9.72. The molecule has 2 aromatic carbocycles. The highest BCUT2D eigenvalue weighted by Crippen LogP contribution is 2.53. The molecule has 0 saturated carbocycles. The third-order valence-corrected chi connectivity index (χ3v) is 5.00. The van der Waals surface area contributed by atoms with Crippen molar-refractivity contribution in [3.8, 4) is 5.75 Å². The molecule has 1 N–H and O–H groups in total. The number of carboxylic acid groups (broad SMARTS) is 1. The molecule has 0 spiro atoms. The number of rotatable bonds is 2. The zero-order chi connectivity index (χ0) is 16.0. The summed E-state index contributed by atoms with van der Waals surface area (Å²) >= 11 is 0. The van der Waals surface area contributed by atoms with E-state index in [9.17, 15) is 9.90 Å². The first-order valence-corrected chi connectivity index (χ1v) is 7.71. The van der Waals surface area contributed by atoms with E-state index in [2.05, 4.69) is 4.99 Å². The van der Waals surface area contributed by atoms with Crippen LogP contribution in [0.3, 0.4) is 0 Å². The fourth-order valence-electron chi connectivity index (χ4n) is 3.86. The quantitative estimate of drug-likeness (QED) is 0.926. The van der Waals surface area contributed by atoms with Gasteiger partial charge in [-0.25, -0.2) is 4.79 Å². The van der Waals surface area contributed by atoms with Gasteiger partial charge in [0.05, 0.1) is 12.1 Å². The Morgan fingerprint density at radius 3 is 2.61 bits per heavy atom. The maximum atomic E-state index is 11.8. The second-order valence-electron chi connectivity index (χ2n) is 6.25. The van der Waals surface area contributed by atoms with Gasteiger partial charge in [0.25, 0.3) is 0 Å². The van der Waals surface area contributed by atoms with E-state index in [1.54, 1.807) is 0 Å². The number of ether oxygens (including phenoxy) is 1. The van der Waals surface area contributed by atoms with Crippen molar-refractivity contribution in [2.75, 3.05) is 6.61 Å². The van der Waals surface area contributed by atoms with Crippen LogP contribution in [0.2, 0.25) is 0 Å². The molecule has 116 valence electrons. The van der Waals surface area contributed by atoms with Gasteiger partial charge in [0.2, 0.25) is 0 Å². The van der Waals surface area contributed by atoms with E-state index in [1.165, 1.54) is 0 Å². The minimum atomic E-state index is -0.952. The lowest BCUT2D eigenvalue weighted by molar-refractivity contribution is -0.129. The van der Waals surface area contributed by atoms with Crippen molar-refractivity contribution >= 4 is 11.7 Å². The Labute approximate surface area is 134 Å². The Bertz CT molecular complexity index is 799. The predicted molar refractivity (Wildman–Crippen MR) is 87.0 cm³/mol. The van der Waals surface area contributed by atoms with Crippen LogP contribution in [0.4, 0.5) is 0 Å². The van der Waals surface area contributed by atoms with E-state index < -0.39 is 11.5 Å². The monoisotopic (exact) mass is 307 g/mol. The summed E-state index contributed by atoms with van der Waals surface area (Å²) in [7, 11) is 0. The molecule has 3 atom stereocenters. The molecular weight excluding hydrogens is 290 g/mol. The van der Waals surface area contributed by atoms with Crippen LogP contribution in [0, 0.1) is 5.92 Å². The molecule has 4 heteroatoms. The van der Waals surface area contributed by atoms with Crippen molar-refractivity contribution < 1.29 is 14.6 Å². The summed E-state index contributed by atoms with van der Waals surface area (Å²) in [6, 6.07) is 17.5. The summed E-state index contributed by atoms with van der Waals surface area (Å²) in [6.07, 6.45) is 0. The first-order valence-electron chi connectivity index (χ1n) is 7.71. The molecule has 0 fully saturated rings. The zero-order valence-electron chi connectivity index (χ0n) is 12.8. The third kappa shape index (κ3) is 1.98. The Morgan fingerprint density at radius 2 is 1.87 bits per heavy atom. The molecule has 1 unspecified atom stereocenters. The SMILES string of the molecule is C[C@]12N=C(C(=O)O)C(c3ccccc3)[C@H]1COc1ccccc12. The van der Waals surface area contributed by atoms with Crippen molar-refractivity contribution in [3.05, 3.63) is 65.7 Å². The molecule has 2 aromatic rings. The van der Waals surface area contributed by atoms with Gasteiger partial charge in [0.1, 0.15) is 11.5 Å². The van der Waals surface area contributed by atoms with Crippen LogP contribution in [0.25, 0.3) is 0 Å². The van der Waals surface area contributed by atoms with Crippen LogP contribution in [0.15, 0.2) is 59.6 Å². The summed E-state index contributed by atoms with van der Waals surface area (Å²) < 4.78 is 5.92. The molecule has 4 rings (SSSR count). The second-order valence-corrected chi connectivity index (χ2v) is 6.25. The number of para-hydroxylation sites is 1. The number of benzene rings is 2. The highest BCUT2D eigenvalue weighted by atomic mass is 16.5. The summed E-state index contributed by atoms with van der Waals surface area (Å²) in [5, 5.41) is 9.68. The van der Waals surface area contributed by atoms with E-state index >= 15 is 0 Å². The van der Waals surface area contributed by atoms with Gasteiger partial charge in [-0.2, -0.15) is 0 Å². The van der Waals surface area contributed by atoms with Gasteiger partial charge in [-0.1, -0.05) is 48.5 Å². The first-order chi connectivity index (χ1) is 11.1. The minimum Gasteiger partial charge on any atom is -0.493 e. The fraction of sp³-hybridized carbons (Fsp3) is 0.263. The van der Waals surface area contributed by atoms with E-state index in [4.69, 9.17) is 4.74 Å². The van der Waals surface area contributed by atoms with Crippen molar-refractivity contribution in [1.29, 1.82) is 0 Å². The normalized spacial score (nSPS) is 28.3. The van der Waals surface area contributed by atoms with Gasteiger partial charge >= 0.3 is 5.97 Å². The molecule has 2 heterocycles. The molecular formula is C19H17NO3. The number of fused-ring (bicyclic) bond motifs is 3. The molecule has 2 aliphatic rings. The molecule has 0 bridgehead atoms. The van der Waals surface area contributed by atoms with Gasteiger partial charge in [-0.15, -0.1) is 0 Å². The van der Waals surface area contributed by atoms with E-state index in [-0.39, 0.29) is 17.5 Å². The predicted octanol–water partition coefficient (Wildman–Crippen LogP) is 3.23. The fourth-order valence-corrected chi connectivity index (χ4v) is 3.86. The van der Waals surface area contributed by atoms with Gasteiger partial charge in [0.15, 0.2) is 0 Å². The van der Waals surface area contributed by atoms with Gasteiger partial charge < -0.3 is 9.84 Å². The minimum absolute atomic E-state index is 0.0223. The van der Waals surface area contributed by atoms with Crippen LogP contribution < -0.4 is 4.74 Å². The van der Waals surface area contributed by atoms with E-state index in [0.717, 1.165) is 16.9 Å². The van der Waals surface area contributed by atoms with E-state index in [1.807, 2.05) is 61.5 Å². The van der Waals surface area contributed by atoms with Gasteiger partial charge in [-0.05, 0) is 18.6 Å². The molecule has 0 radical (unpaired) electrons. The summed E-state index contributed by atoms with van der Waals surface area (Å²) in [5.74, 6) is -0.432. The van der Waals surface area contributed by atoms with Crippen LogP contribution in [-0.2, 0) is 10.3 Å². The smallest absolute Gasteiger partial charge is 0.350 e. The van der Waals surface area contributed by atoms with Crippen LogP contribution in [-0.4, -0.2) is 23.4 Å². The number of hydrogen-bond acceptors (Lipinski definition) is 3. The Kier molecular flexibility index (Phi) is 3.01. The lowest BCUT2D eigenvalue weighted by Gasteiger charge is -2.38. The third-order valence-electron chi connectivity index (χ3n) is 5.00. The zero-order valence-corrected chi connectivity index (χ0v) is 12.8. The standard InChI is InChI=1S/C19H17NO3/c1-19-13-9-5-6-10-15(13)23-11-14(19)16(17(20-19)18(21)22)12-7-3-2-4-8-12/h2-10,14,16H,11H2,1H3,(H,21,22)/t14-,16?,19-/m1/s1. The van der Waals surface area contributed by atoms with Crippen molar-refractivity contribution in [3.63, 3.8) is 0 Å². The Hall–Kier alpha value is -2.62. The number of nitrogens with zero attached hydrogens (tertiary/aromatic N) is 1. The maximum absolute atomic E-state index is 11.8. The van der Waals surface area contributed by atoms with Gasteiger partial charge in [-0.3, -0.25) is 4.99 Å². The molecule has 0 aromatic heterocycles. The largest absolute Gasteiger partial charge is 0.493 e. The van der Waals surface area contributed by atoms with Crippen LogP contribution >= 0.6 is 0 Å². The van der Waals surface area contributed by atoms with Gasteiger partial charge in [0, 0.05) is 17.4 Å². The molecule has 0 amide bonds. The topological polar surface area (TPSA) is 58.9 Å². The molecule has 0 aliphatic carbocycles. The molecule has 4 nitrogen and oxygen atoms in total. The number of carboxylic acids is 1. The summed E-state index contributed by atoms with van der Waals surface area (Å²) in [5.41, 5.74) is 1.60. The summed E-state index contributed by atoms with van der Waals surface area (Å²) in [4.78, 5) is 16.5. The highest BCUT2D eigenvalue weighted by molar-refractivity contribution is 6.38. The first kappa shape index (κ1) is 14.0. The number of hydrogen-bond donors (Lipinski definition) is 1. The lowest BCUT2D eigenvalue weighted by Crippen LogP contribution is -2.39. The second kappa shape index (κ2) is 4.95. The van der Waals surface area contributed by atoms with Crippen molar-refractivity contribution in [2.45, 2.75) is 18.4 Å². The number of aliphatic imine (C=N–C) groups is 1. The van der Waals surface area contributed by atoms with E-state index in [0.29, 0.717) is 6.61 Å². The van der Waals surface area contributed by atoms with Crippen molar-refractivity contribution in [2.24, 2.45) is 10.9 Å². The average Bonchev–Trinajstić information content (AvgIpc) is 2.90. The Balaban J connectivity index is 1.89. The summed E-state index contributed by atoms with van der Waals surface area (Å²) in [6.45, 7) is 2.48. The molecule has 2 aliphatic heterocycles. The number of carbonyl (C=O) groups is 1. The average molecular weight is 307 g/mol. The maximum Gasteiger partial charge on any atom is 0.350 e.